The Balaban J connectivity index is 2.16. The maximum Gasteiger partial charge on any atom is 0.416 e. The van der Waals surface area contributed by atoms with Gasteiger partial charge in [-0.1, -0.05) is 26.0 Å². The van der Waals surface area contributed by atoms with Gasteiger partial charge in [-0.3, -0.25) is 15.0 Å². The lowest BCUT2D eigenvalue weighted by molar-refractivity contribution is -0.385. The van der Waals surface area contributed by atoms with Gasteiger partial charge in [-0.25, -0.2) is 4.79 Å². The molecule has 0 bridgehead atoms. The minimum atomic E-state index is -4.96. The quantitative estimate of drug-likeness (QED) is 0.168. The van der Waals surface area contributed by atoms with Crippen molar-refractivity contribution in [2.75, 3.05) is 7.11 Å². The molecule has 0 aliphatic heterocycles. The van der Waals surface area contributed by atoms with E-state index < -0.39 is 53.3 Å². The number of benzene rings is 3. The Kier molecular flexibility index (Phi) is 8.66. The molecule has 1 amide bonds. The monoisotopic (exact) mass is 570 g/mol. The molecule has 0 atom stereocenters. The van der Waals surface area contributed by atoms with Crippen molar-refractivity contribution in [3.05, 3.63) is 92.5 Å². The first-order valence-electron chi connectivity index (χ1n) is 11.7. The van der Waals surface area contributed by atoms with Gasteiger partial charge in [-0.05, 0) is 58.5 Å². The summed E-state index contributed by atoms with van der Waals surface area (Å²) in [6.07, 6.45) is -11.4. The molecule has 0 unspecified atom stereocenters. The molecule has 0 aromatic heterocycles. The van der Waals surface area contributed by atoms with E-state index in [1.54, 1.807) is 18.2 Å². The summed E-state index contributed by atoms with van der Waals surface area (Å²) < 4.78 is 86.3. The van der Waals surface area contributed by atoms with Crippen molar-refractivity contribution in [3.63, 3.8) is 0 Å². The Morgan fingerprint density at radius 2 is 1.57 bits per heavy atom. The third-order valence-electron chi connectivity index (χ3n) is 6.13. The van der Waals surface area contributed by atoms with Gasteiger partial charge in [0.25, 0.3) is 5.69 Å². The second-order valence-corrected chi connectivity index (χ2v) is 9.27. The molecule has 214 valence electrons. The Morgan fingerprint density at radius 3 is 2.10 bits per heavy atom. The van der Waals surface area contributed by atoms with Gasteiger partial charge < -0.3 is 9.84 Å². The summed E-state index contributed by atoms with van der Waals surface area (Å²) in [5, 5.41) is 21.0. The van der Waals surface area contributed by atoms with Crippen LogP contribution in [-0.2, 0) is 25.4 Å². The van der Waals surface area contributed by atoms with Gasteiger partial charge >= 0.3 is 18.4 Å². The Hall–Kier alpha value is -4.29. The van der Waals surface area contributed by atoms with Gasteiger partial charge in [-0.2, -0.15) is 26.3 Å². The molecule has 0 fully saturated rings. The average molecular weight is 570 g/mol. The van der Waals surface area contributed by atoms with E-state index in [9.17, 15) is 46.4 Å². The third-order valence-corrected chi connectivity index (χ3v) is 6.13. The average Bonchev–Trinajstić information content (AvgIpc) is 2.86. The molecule has 0 heterocycles. The van der Waals surface area contributed by atoms with E-state index in [4.69, 9.17) is 4.74 Å². The Bertz CT molecular complexity index is 1420. The van der Waals surface area contributed by atoms with Crippen LogP contribution in [0.2, 0.25) is 0 Å². The smallest absolute Gasteiger partial charge is 0.416 e. The molecule has 0 radical (unpaired) electrons. The summed E-state index contributed by atoms with van der Waals surface area (Å²) in [6.45, 7) is 2.37. The zero-order valence-corrected chi connectivity index (χ0v) is 21.4. The van der Waals surface area contributed by atoms with Crippen LogP contribution in [0.3, 0.4) is 0 Å². The van der Waals surface area contributed by atoms with Crippen LogP contribution in [-0.4, -0.2) is 28.1 Å². The second-order valence-electron chi connectivity index (χ2n) is 9.27. The number of hydrogen-bond donors (Lipinski definition) is 1. The lowest BCUT2D eigenvalue weighted by Gasteiger charge is -2.23. The summed E-state index contributed by atoms with van der Waals surface area (Å²) in [7, 11) is 1.36. The highest BCUT2D eigenvalue weighted by Gasteiger charge is 2.34. The van der Waals surface area contributed by atoms with Crippen LogP contribution in [0.4, 0.5) is 36.8 Å². The second kappa shape index (κ2) is 11.4. The van der Waals surface area contributed by atoms with Gasteiger partial charge in [-0.15, -0.1) is 0 Å². The number of methoxy groups -OCH3 is 1. The van der Waals surface area contributed by atoms with Crippen LogP contribution in [0.15, 0.2) is 54.6 Å². The number of non-ortho nitro benzene ring substituents is 1. The first kappa shape index (κ1) is 30.3. The van der Waals surface area contributed by atoms with Crippen molar-refractivity contribution in [1.82, 2.24) is 4.90 Å². The summed E-state index contributed by atoms with van der Waals surface area (Å²) in [5.74, 6) is 0.343. The van der Waals surface area contributed by atoms with Gasteiger partial charge in [0, 0.05) is 30.8 Å². The van der Waals surface area contributed by atoms with Crippen LogP contribution >= 0.6 is 0 Å². The van der Waals surface area contributed by atoms with E-state index in [-0.39, 0.29) is 22.6 Å². The van der Waals surface area contributed by atoms with E-state index in [1.807, 2.05) is 13.8 Å². The fourth-order valence-corrected chi connectivity index (χ4v) is 4.11. The minimum absolute atomic E-state index is 0.0368. The Labute approximate surface area is 224 Å². The molecule has 3 aromatic carbocycles. The lowest BCUT2D eigenvalue weighted by Crippen LogP contribution is -2.29. The number of nitrogens with zero attached hydrogens (tertiary/aromatic N) is 2. The molecule has 0 saturated heterocycles. The summed E-state index contributed by atoms with van der Waals surface area (Å²) in [4.78, 5) is 22.9. The van der Waals surface area contributed by atoms with E-state index >= 15 is 0 Å². The number of nitro groups is 1. The maximum absolute atomic E-state index is 13.6. The molecule has 3 aromatic rings. The molecular formula is C27H24F6N2O5. The largest absolute Gasteiger partial charge is 0.496 e. The maximum atomic E-state index is 13.6. The van der Waals surface area contributed by atoms with E-state index in [2.05, 4.69) is 0 Å². The van der Waals surface area contributed by atoms with Crippen molar-refractivity contribution in [2.45, 2.75) is 45.2 Å². The molecule has 7 nitrogen and oxygen atoms in total. The van der Waals surface area contributed by atoms with Crippen molar-refractivity contribution in [1.29, 1.82) is 0 Å². The number of carbonyl (C=O) groups is 1. The fraction of sp³-hybridized carbons (Fsp3) is 0.296. The van der Waals surface area contributed by atoms with Crippen LogP contribution in [0, 0.1) is 10.1 Å². The van der Waals surface area contributed by atoms with Crippen molar-refractivity contribution in [3.8, 4) is 16.9 Å². The molecular weight excluding hydrogens is 546 g/mol. The predicted molar refractivity (Wildman–Crippen MR) is 133 cm³/mol. The minimum Gasteiger partial charge on any atom is -0.496 e. The summed E-state index contributed by atoms with van der Waals surface area (Å²) >= 11 is 0. The molecule has 1 N–H and O–H groups in total. The predicted octanol–water partition coefficient (Wildman–Crippen LogP) is 8.11. The summed E-state index contributed by atoms with van der Waals surface area (Å²) in [5.41, 5.74) is -2.37. The highest BCUT2D eigenvalue weighted by atomic mass is 19.4. The standard InChI is InChI=1S/C27H24F6N2O5/c1-15(2)17-4-7-24(40-3)23(11-17)22-6-5-19(26(28,29)30)10-18(22)14-34(25(36)37)13-16-8-20(27(31,32)33)12-21(9-16)35(38)39/h4-12,15H,13-14H2,1-3H3,(H,36,37). The highest BCUT2D eigenvalue weighted by Crippen LogP contribution is 2.39. The van der Waals surface area contributed by atoms with E-state index in [0.29, 0.717) is 28.3 Å². The van der Waals surface area contributed by atoms with Gasteiger partial charge in [0.2, 0.25) is 0 Å². The van der Waals surface area contributed by atoms with Gasteiger partial charge in [0.05, 0.1) is 23.2 Å². The normalized spacial score (nSPS) is 11.9. The number of halogens is 6. The molecule has 0 aliphatic carbocycles. The van der Waals surface area contributed by atoms with E-state index in [1.165, 1.54) is 13.2 Å². The number of alkyl halides is 6. The van der Waals surface area contributed by atoms with Gasteiger partial charge in [0.15, 0.2) is 0 Å². The highest BCUT2D eigenvalue weighted by molar-refractivity contribution is 5.75. The third kappa shape index (κ3) is 7.01. The summed E-state index contributed by atoms with van der Waals surface area (Å²) in [6, 6.07) is 9.55. The fourth-order valence-electron chi connectivity index (χ4n) is 4.11. The number of hydrogen-bond acceptors (Lipinski definition) is 4. The molecule has 0 saturated carbocycles. The van der Waals surface area contributed by atoms with Crippen LogP contribution in [0.25, 0.3) is 11.1 Å². The number of nitro benzene ring substituents is 1. The zero-order valence-electron chi connectivity index (χ0n) is 21.4. The molecule has 3 rings (SSSR count). The molecule has 40 heavy (non-hydrogen) atoms. The van der Waals surface area contributed by atoms with Gasteiger partial charge in [0.1, 0.15) is 5.75 Å². The lowest BCUT2D eigenvalue weighted by atomic mass is 9.92. The zero-order chi connectivity index (χ0) is 30.0. The van der Waals surface area contributed by atoms with E-state index in [0.717, 1.165) is 23.8 Å². The first-order valence-corrected chi connectivity index (χ1v) is 11.7. The number of carboxylic acid groups (broad SMARTS) is 1. The number of rotatable bonds is 8. The number of amides is 1. The van der Waals surface area contributed by atoms with Crippen molar-refractivity contribution in [2.24, 2.45) is 0 Å². The molecule has 0 spiro atoms. The SMILES string of the molecule is COc1ccc(C(C)C)cc1-c1ccc(C(F)(F)F)cc1CN(Cc1cc([N+](=O)[O-])cc(C(F)(F)F)c1)C(=O)O. The van der Waals surface area contributed by atoms with Crippen LogP contribution in [0.5, 0.6) is 5.75 Å². The molecule has 0 aliphatic rings. The van der Waals surface area contributed by atoms with Crippen molar-refractivity contribution >= 4 is 11.8 Å². The Morgan fingerprint density at radius 1 is 0.925 bits per heavy atom. The number of ether oxygens (including phenoxy) is 1. The first-order chi connectivity index (χ1) is 18.5. The van der Waals surface area contributed by atoms with Crippen LogP contribution < -0.4 is 4.74 Å². The van der Waals surface area contributed by atoms with Crippen LogP contribution in [0.1, 0.15) is 47.6 Å². The molecule has 13 heteroatoms. The van der Waals surface area contributed by atoms with Crippen molar-refractivity contribution < 1.29 is 45.9 Å². The topological polar surface area (TPSA) is 92.9 Å².